The average molecular weight is 518 g/mol. The smallest absolute Gasteiger partial charge is 0.243 e. The summed E-state index contributed by atoms with van der Waals surface area (Å²) in [5.74, 6) is 1.27. The molecule has 7 nitrogen and oxygen atoms in total. The molecule has 0 spiro atoms. The van der Waals surface area contributed by atoms with Crippen molar-refractivity contribution in [2.75, 3.05) is 13.1 Å². The van der Waals surface area contributed by atoms with Gasteiger partial charge in [-0.25, -0.2) is 8.42 Å². The van der Waals surface area contributed by atoms with Crippen molar-refractivity contribution in [2.45, 2.75) is 36.2 Å². The van der Waals surface area contributed by atoms with E-state index in [1.54, 1.807) is 42.1 Å². The highest BCUT2D eigenvalue weighted by atomic mass is 32.2. The Balaban J connectivity index is 1.70. The fourth-order valence-corrected chi connectivity index (χ4v) is 6.25. The van der Waals surface area contributed by atoms with Gasteiger partial charge in [-0.05, 0) is 35.4 Å². The molecule has 0 aliphatic heterocycles. The number of hydrogen-bond acceptors (Lipinski definition) is 6. The molecule has 0 N–H and O–H groups in total. The number of sulfonamides is 1. The highest BCUT2D eigenvalue weighted by Gasteiger charge is 2.23. The van der Waals surface area contributed by atoms with E-state index in [1.165, 1.54) is 4.31 Å². The van der Waals surface area contributed by atoms with Crippen LogP contribution in [0.2, 0.25) is 0 Å². The summed E-state index contributed by atoms with van der Waals surface area (Å²) in [5, 5.41) is 18.7. The molecule has 0 aliphatic carbocycles. The van der Waals surface area contributed by atoms with Crippen LogP contribution in [0.3, 0.4) is 0 Å². The molecular formula is C27H27N5O2S2. The van der Waals surface area contributed by atoms with Crippen LogP contribution in [0, 0.1) is 11.3 Å². The maximum absolute atomic E-state index is 13.1. The first kappa shape index (κ1) is 25.6. The van der Waals surface area contributed by atoms with Crippen molar-refractivity contribution in [1.29, 1.82) is 5.26 Å². The average Bonchev–Trinajstić information content (AvgIpc) is 3.31. The van der Waals surface area contributed by atoms with Gasteiger partial charge in [0.25, 0.3) is 0 Å². The Bertz CT molecular complexity index is 1460. The van der Waals surface area contributed by atoms with Crippen LogP contribution in [0.4, 0.5) is 0 Å². The third-order valence-corrected chi connectivity index (χ3v) is 8.87. The standard InChI is InChI=1S/C27H27N5O2S2/c1-3-31(4-2)36(33,34)25-12-8-11-24(17-25)26-29-30-27(32(26)19-22-9-6-5-7-10-22)35-20-23-15-13-21(18-28)14-16-23/h5-17H,3-4,19-20H2,1-2H3. The molecule has 0 aliphatic rings. The molecule has 4 rings (SSSR count). The molecule has 0 atom stereocenters. The highest BCUT2D eigenvalue weighted by Crippen LogP contribution is 2.29. The SMILES string of the molecule is CCN(CC)S(=O)(=O)c1cccc(-c2nnc(SCc3ccc(C#N)cc3)n2Cc2ccccc2)c1. The van der Waals surface area contributed by atoms with Crippen molar-refractivity contribution in [3.05, 3.63) is 95.6 Å². The van der Waals surface area contributed by atoms with E-state index in [2.05, 4.69) is 16.3 Å². The predicted molar refractivity (Wildman–Crippen MR) is 142 cm³/mol. The van der Waals surface area contributed by atoms with Gasteiger partial charge in [-0.1, -0.05) is 80.2 Å². The molecule has 0 saturated carbocycles. The Kier molecular flexibility index (Phi) is 8.21. The van der Waals surface area contributed by atoms with E-state index in [4.69, 9.17) is 5.26 Å². The molecule has 3 aromatic carbocycles. The van der Waals surface area contributed by atoms with Gasteiger partial charge >= 0.3 is 0 Å². The normalized spacial score (nSPS) is 11.5. The topological polar surface area (TPSA) is 91.9 Å². The second-order valence-electron chi connectivity index (χ2n) is 8.09. The van der Waals surface area contributed by atoms with Crippen molar-refractivity contribution >= 4 is 21.8 Å². The summed E-state index contributed by atoms with van der Waals surface area (Å²) in [6.45, 7) is 5.02. The Morgan fingerprint density at radius 2 is 1.64 bits per heavy atom. The van der Waals surface area contributed by atoms with Gasteiger partial charge in [0.1, 0.15) is 0 Å². The Hall–Kier alpha value is -3.45. The van der Waals surface area contributed by atoms with Crippen molar-refractivity contribution < 1.29 is 8.42 Å². The van der Waals surface area contributed by atoms with E-state index < -0.39 is 10.0 Å². The van der Waals surface area contributed by atoms with Gasteiger partial charge in [-0.3, -0.25) is 4.57 Å². The molecule has 1 heterocycles. The molecule has 4 aromatic rings. The molecule has 184 valence electrons. The molecule has 36 heavy (non-hydrogen) atoms. The van der Waals surface area contributed by atoms with Gasteiger partial charge in [0.15, 0.2) is 11.0 Å². The number of benzene rings is 3. The van der Waals surface area contributed by atoms with Gasteiger partial charge in [0, 0.05) is 24.4 Å². The summed E-state index contributed by atoms with van der Waals surface area (Å²) in [7, 11) is -3.60. The first-order valence-electron chi connectivity index (χ1n) is 11.7. The Morgan fingerprint density at radius 1 is 0.917 bits per heavy atom. The molecule has 0 bridgehead atoms. The summed E-state index contributed by atoms with van der Waals surface area (Å²) in [5.41, 5.74) is 3.47. The van der Waals surface area contributed by atoms with E-state index in [1.807, 2.05) is 66.9 Å². The minimum atomic E-state index is -3.60. The highest BCUT2D eigenvalue weighted by molar-refractivity contribution is 7.98. The lowest BCUT2D eigenvalue weighted by atomic mass is 10.2. The van der Waals surface area contributed by atoms with Crippen molar-refractivity contribution in [1.82, 2.24) is 19.1 Å². The molecule has 0 fully saturated rings. The van der Waals surface area contributed by atoms with Crippen LogP contribution in [0.1, 0.15) is 30.5 Å². The summed E-state index contributed by atoms with van der Waals surface area (Å²) in [6.07, 6.45) is 0. The lowest BCUT2D eigenvalue weighted by Gasteiger charge is -2.19. The third-order valence-electron chi connectivity index (χ3n) is 5.79. The number of rotatable bonds is 10. The maximum Gasteiger partial charge on any atom is 0.243 e. The summed E-state index contributed by atoms with van der Waals surface area (Å²) in [4.78, 5) is 0.241. The second kappa shape index (κ2) is 11.5. The zero-order valence-electron chi connectivity index (χ0n) is 20.2. The van der Waals surface area contributed by atoms with Crippen molar-refractivity contribution in [3.63, 3.8) is 0 Å². The van der Waals surface area contributed by atoms with Gasteiger partial charge in [-0.2, -0.15) is 9.57 Å². The predicted octanol–water partition coefficient (Wildman–Crippen LogP) is 5.19. The Labute approximate surface area is 216 Å². The molecule has 0 radical (unpaired) electrons. The lowest BCUT2D eigenvalue weighted by molar-refractivity contribution is 0.445. The Morgan fingerprint density at radius 3 is 2.31 bits per heavy atom. The van der Waals surface area contributed by atoms with Crippen LogP contribution >= 0.6 is 11.8 Å². The molecule has 0 saturated heterocycles. The first-order chi connectivity index (χ1) is 17.5. The zero-order valence-corrected chi connectivity index (χ0v) is 21.8. The van der Waals surface area contributed by atoms with E-state index in [-0.39, 0.29) is 4.90 Å². The number of hydrogen-bond donors (Lipinski definition) is 0. The fraction of sp³-hybridized carbons (Fsp3) is 0.222. The van der Waals surface area contributed by atoms with Crippen LogP contribution in [0.25, 0.3) is 11.4 Å². The number of aromatic nitrogens is 3. The minimum Gasteiger partial charge on any atom is -0.298 e. The van der Waals surface area contributed by atoms with Gasteiger partial charge in [0.05, 0.1) is 23.1 Å². The molecule has 0 unspecified atom stereocenters. The second-order valence-corrected chi connectivity index (χ2v) is 11.0. The lowest BCUT2D eigenvalue weighted by Crippen LogP contribution is -2.30. The minimum absolute atomic E-state index is 0.241. The van der Waals surface area contributed by atoms with Crippen LogP contribution in [0.5, 0.6) is 0 Å². The van der Waals surface area contributed by atoms with Crippen molar-refractivity contribution in [2.24, 2.45) is 0 Å². The first-order valence-corrected chi connectivity index (χ1v) is 14.1. The third kappa shape index (κ3) is 5.68. The van der Waals surface area contributed by atoms with Crippen LogP contribution in [-0.4, -0.2) is 40.6 Å². The monoisotopic (exact) mass is 517 g/mol. The largest absolute Gasteiger partial charge is 0.298 e. The summed E-state index contributed by atoms with van der Waals surface area (Å²) < 4.78 is 29.7. The molecular weight excluding hydrogens is 490 g/mol. The van der Waals surface area contributed by atoms with Crippen LogP contribution in [-0.2, 0) is 22.3 Å². The molecule has 1 aromatic heterocycles. The van der Waals surface area contributed by atoms with Crippen LogP contribution < -0.4 is 0 Å². The van der Waals surface area contributed by atoms with Gasteiger partial charge in [0.2, 0.25) is 10.0 Å². The number of nitrogens with zero attached hydrogens (tertiary/aromatic N) is 5. The fourth-order valence-electron chi connectivity index (χ4n) is 3.85. The number of nitriles is 1. The molecule has 0 amide bonds. The molecule has 9 heteroatoms. The quantitative estimate of drug-likeness (QED) is 0.269. The van der Waals surface area contributed by atoms with Crippen LogP contribution in [0.15, 0.2) is 88.9 Å². The van der Waals surface area contributed by atoms with Gasteiger partial charge in [-0.15, -0.1) is 10.2 Å². The van der Waals surface area contributed by atoms with Gasteiger partial charge < -0.3 is 0 Å². The van der Waals surface area contributed by atoms with E-state index in [0.29, 0.717) is 42.3 Å². The summed E-state index contributed by atoms with van der Waals surface area (Å²) in [6, 6.07) is 26.5. The number of thioether (sulfide) groups is 1. The maximum atomic E-state index is 13.1. The van der Waals surface area contributed by atoms with E-state index in [9.17, 15) is 8.42 Å². The summed E-state index contributed by atoms with van der Waals surface area (Å²) >= 11 is 1.55. The van der Waals surface area contributed by atoms with Crippen molar-refractivity contribution in [3.8, 4) is 17.5 Å². The van der Waals surface area contributed by atoms with E-state index in [0.717, 1.165) is 16.3 Å². The zero-order chi connectivity index (χ0) is 25.5. The van der Waals surface area contributed by atoms with E-state index >= 15 is 0 Å².